The van der Waals surface area contributed by atoms with Crippen molar-refractivity contribution in [1.82, 2.24) is 24.9 Å². The van der Waals surface area contributed by atoms with Gasteiger partial charge in [0.2, 0.25) is 0 Å². The third kappa shape index (κ3) is 4.80. The van der Waals surface area contributed by atoms with Crippen molar-refractivity contribution in [3.8, 4) is 56.7 Å². The lowest BCUT2D eigenvalue weighted by molar-refractivity contribution is 0.668. The summed E-state index contributed by atoms with van der Waals surface area (Å²) in [6.45, 7) is 0. The first-order chi connectivity index (χ1) is 23.3. The normalized spacial score (nSPS) is 11.4. The van der Waals surface area contributed by atoms with Gasteiger partial charge in [0, 0.05) is 44.6 Å². The summed E-state index contributed by atoms with van der Waals surface area (Å²) in [5, 5.41) is 3.14. The third-order valence-corrected chi connectivity index (χ3v) is 8.41. The molecule has 220 valence electrons. The predicted octanol–water partition coefficient (Wildman–Crippen LogP) is 10.0. The van der Waals surface area contributed by atoms with Crippen molar-refractivity contribution >= 4 is 32.8 Å². The second-order valence-corrected chi connectivity index (χ2v) is 11.3. The summed E-state index contributed by atoms with van der Waals surface area (Å²) < 4.78 is 6.27. The molecule has 0 aliphatic rings. The van der Waals surface area contributed by atoms with Crippen molar-refractivity contribution in [1.29, 1.82) is 0 Å². The molecule has 9 aromatic rings. The number of benzene rings is 5. The van der Waals surface area contributed by atoms with Gasteiger partial charge >= 0.3 is 0 Å². The van der Waals surface area contributed by atoms with E-state index in [4.69, 9.17) is 29.3 Å². The molecule has 0 aliphatic carbocycles. The van der Waals surface area contributed by atoms with Gasteiger partial charge in [-0.1, -0.05) is 127 Å². The van der Waals surface area contributed by atoms with Gasteiger partial charge in [-0.15, -0.1) is 0 Å². The Morgan fingerprint density at radius 1 is 0.426 bits per heavy atom. The van der Waals surface area contributed by atoms with Crippen LogP contribution in [0.2, 0.25) is 0 Å². The van der Waals surface area contributed by atoms with Gasteiger partial charge in [0.05, 0.1) is 11.2 Å². The fourth-order valence-electron chi connectivity index (χ4n) is 6.08. The van der Waals surface area contributed by atoms with E-state index in [1.165, 1.54) is 0 Å². The molecule has 6 nitrogen and oxygen atoms in total. The van der Waals surface area contributed by atoms with Gasteiger partial charge in [0.15, 0.2) is 23.1 Å². The number of pyridine rings is 2. The first-order valence-electron chi connectivity index (χ1n) is 15.4. The lowest BCUT2D eigenvalue weighted by Gasteiger charge is -2.10. The highest BCUT2D eigenvalue weighted by Crippen LogP contribution is 2.36. The Bertz CT molecular complexity index is 2500. The van der Waals surface area contributed by atoms with E-state index in [-0.39, 0.29) is 0 Å². The maximum atomic E-state index is 6.27. The van der Waals surface area contributed by atoms with Crippen molar-refractivity contribution in [2.24, 2.45) is 0 Å². The summed E-state index contributed by atoms with van der Waals surface area (Å²) in [6, 6.07) is 48.8. The standard InChI is InChI=1S/C41H25N5O/c1-3-10-28(11-4-1)39-44-40(29-12-5-2-6-13-29)46-41(45-39)30-20-18-26(19-21-30)31-16-9-14-27-22-23-34(43-36(27)31)37-38-33(24-25-42-37)32-15-7-8-17-35(32)47-38/h1-25H. The minimum Gasteiger partial charge on any atom is -0.454 e. The van der Waals surface area contributed by atoms with Gasteiger partial charge in [-0.3, -0.25) is 4.98 Å². The summed E-state index contributed by atoms with van der Waals surface area (Å²) in [7, 11) is 0. The monoisotopic (exact) mass is 603 g/mol. The van der Waals surface area contributed by atoms with Crippen molar-refractivity contribution in [2.45, 2.75) is 0 Å². The Morgan fingerprint density at radius 3 is 1.74 bits per heavy atom. The molecule has 0 atom stereocenters. The van der Waals surface area contributed by atoms with Gasteiger partial charge < -0.3 is 4.42 Å². The molecule has 0 unspecified atom stereocenters. The lowest BCUT2D eigenvalue weighted by Crippen LogP contribution is -2.00. The number of furan rings is 1. The first-order valence-corrected chi connectivity index (χ1v) is 15.4. The molecular weight excluding hydrogens is 578 g/mol. The van der Waals surface area contributed by atoms with Gasteiger partial charge in [-0.2, -0.15) is 0 Å². The van der Waals surface area contributed by atoms with Crippen LogP contribution < -0.4 is 0 Å². The summed E-state index contributed by atoms with van der Waals surface area (Å²) >= 11 is 0. The minimum absolute atomic E-state index is 0.618. The van der Waals surface area contributed by atoms with Crippen LogP contribution in [0, 0.1) is 0 Å². The Hall–Kier alpha value is -6.53. The zero-order chi connectivity index (χ0) is 31.2. The van der Waals surface area contributed by atoms with Crippen LogP contribution in [0.5, 0.6) is 0 Å². The van der Waals surface area contributed by atoms with E-state index in [1.807, 2.05) is 97.2 Å². The topological polar surface area (TPSA) is 77.6 Å². The van der Waals surface area contributed by atoms with Crippen molar-refractivity contribution in [3.05, 3.63) is 152 Å². The molecule has 0 aliphatic heterocycles. The molecule has 0 amide bonds. The molecule has 0 spiro atoms. The molecule has 0 saturated carbocycles. The maximum Gasteiger partial charge on any atom is 0.164 e. The fourth-order valence-corrected chi connectivity index (χ4v) is 6.08. The van der Waals surface area contributed by atoms with E-state index in [1.54, 1.807) is 0 Å². The third-order valence-electron chi connectivity index (χ3n) is 8.41. The largest absolute Gasteiger partial charge is 0.454 e. The molecule has 0 N–H and O–H groups in total. The molecule has 4 aromatic heterocycles. The quantitative estimate of drug-likeness (QED) is 0.195. The Balaban J connectivity index is 1.13. The Kier molecular flexibility index (Phi) is 6.35. The van der Waals surface area contributed by atoms with Crippen LogP contribution >= 0.6 is 0 Å². The van der Waals surface area contributed by atoms with E-state index in [9.17, 15) is 0 Å². The number of fused-ring (bicyclic) bond motifs is 4. The second kappa shape index (κ2) is 11.1. The van der Waals surface area contributed by atoms with E-state index < -0.39 is 0 Å². The Morgan fingerprint density at radius 2 is 1.04 bits per heavy atom. The number of nitrogens with zero attached hydrogens (tertiary/aromatic N) is 5. The van der Waals surface area contributed by atoms with E-state index in [0.29, 0.717) is 17.5 Å². The molecule has 9 rings (SSSR count). The number of hydrogen-bond acceptors (Lipinski definition) is 6. The van der Waals surface area contributed by atoms with Crippen LogP contribution in [0.1, 0.15) is 0 Å². The molecule has 6 heteroatoms. The summed E-state index contributed by atoms with van der Waals surface area (Å²) in [6.07, 6.45) is 1.82. The van der Waals surface area contributed by atoms with E-state index >= 15 is 0 Å². The highest BCUT2D eigenvalue weighted by molar-refractivity contribution is 6.08. The maximum absolute atomic E-state index is 6.27. The molecule has 0 saturated heterocycles. The molecule has 5 aromatic carbocycles. The smallest absolute Gasteiger partial charge is 0.164 e. The van der Waals surface area contributed by atoms with Gasteiger partial charge in [-0.25, -0.2) is 19.9 Å². The van der Waals surface area contributed by atoms with Crippen molar-refractivity contribution in [2.75, 3.05) is 0 Å². The average Bonchev–Trinajstić information content (AvgIpc) is 3.54. The predicted molar refractivity (Wildman–Crippen MR) is 187 cm³/mol. The zero-order valence-electron chi connectivity index (χ0n) is 25.1. The fraction of sp³-hybridized carbons (Fsp3) is 0. The SMILES string of the molecule is c1ccc(-c2nc(-c3ccccc3)nc(-c3ccc(-c4cccc5ccc(-c6nccc7c6oc6ccccc67)nc45)cc3)n2)cc1. The Labute approximate surface area is 270 Å². The second-order valence-electron chi connectivity index (χ2n) is 11.3. The summed E-state index contributed by atoms with van der Waals surface area (Å²) in [5.41, 5.74) is 8.81. The molecule has 47 heavy (non-hydrogen) atoms. The number of para-hydroxylation sites is 2. The summed E-state index contributed by atoms with van der Waals surface area (Å²) in [4.78, 5) is 24.5. The molecule has 0 fully saturated rings. The number of hydrogen-bond donors (Lipinski definition) is 0. The van der Waals surface area contributed by atoms with Gasteiger partial charge in [-0.05, 0) is 23.8 Å². The highest BCUT2D eigenvalue weighted by atomic mass is 16.3. The average molecular weight is 604 g/mol. The van der Waals surface area contributed by atoms with Crippen LogP contribution in [-0.4, -0.2) is 24.9 Å². The van der Waals surface area contributed by atoms with Gasteiger partial charge in [0.25, 0.3) is 0 Å². The highest BCUT2D eigenvalue weighted by Gasteiger charge is 2.16. The van der Waals surface area contributed by atoms with E-state index in [0.717, 1.165) is 72.0 Å². The summed E-state index contributed by atoms with van der Waals surface area (Å²) in [5.74, 6) is 1.89. The number of rotatable bonds is 5. The number of aromatic nitrogens is 5. The zero-order valence-corrected chi connectivity index (χ0v) is 25.1. The minimum atomic E-state index is 0.618. The van der Waals surface area contributed by atoms with Crippen LogP contribution in [0.15, 0.2) is 156 Å². The van der Waals surface area contributed by atoms with Gasteiger partial charge in [0.1, 0.15) is 11.3 Å². The van der Waals surface area contributed by atoms with Crippen LogP contribution in [-0.2, 0) is 0 Å². The van der Waals surface area contributed by atoms with Crippen molar-refractivity contribution in [3.63, 3.8) is 0 Å². The first kappa shape index (κ1) is 26.8. The van der Waals surface area contributed by atoms with Crippen molar-refractivity contribution < 1.29 is 4.42 Å². The molecule has 0 bridgehead atoms. The van der Waals surface area contributed by atoms with Crippen LogP contribution in [0.3, 0.4) is 0 Å². The lowest BCUT2D eigenvalue weighted by atomic mass is 10.00. The molecule has 0 radical (unpaired) electrons. The van der Waals surface area contributed by atoms with Crippen LogP contribution in [0.4, 0.5) is 0 Å². The van der Waals surface area contributed by atoms with E-state index in [2.05, 4.69) is 54.6 Å². The molecule has 4 heterocycles. The van der Waals surface area contributed by atoms with Crippen LogP contribution in [0.25, 0.3) is 89.5 Å². The molecular formula is C41H25N5O.